The van der Waals surface area contributed by atoms with Gasteiger partial charge < -0.3 is 36.3 Å². The van der Waals surface area contributed by atoms with Crippen molar-refractivity contribution in [1.29, 1.82) is 0 Å². The van der Waals surface area contributed by atoms with Crippen LogP contribution in [0.3, 0.4) is 0 Å². The minimum absolute atomic E-state index is 0.0998. The molecule has 9 heteroatoms. The number of hydrogen-bond donors (Lipinski definition) is 6. The number of nitrogens with one attached hydrogen (secondary N) is 4. The maximum absolute atomic E-state index is 12.1. The fraction of sp³-hybridized carbons (Fsp3) is 0.880. The third-order valence-corrected chi connectivity index (χ3v) is 5.03. The van der Waals surface area contributed by atoms with Crippen molar-refractivity contribution in [2.24, 2.45) is 5.92 Å². The van der Waals surface area contributed by atoms with E-state index in [1.165, 1.54) is 25.8 Å². The Balaban J connectivity index is 0. The molecule has 0 aliphatic rings. The van der Waals surface area contributed by atoms with E-state index >= 15 is 0 Å². The van der Waals surface area contributed by atoms with E-state index in [0.29, 0.717) is 25.9 Å². The summed E-state index contributed by atoms with van der Waals surface area (Å²) in [5.41, 5.74) is 0. The molecule has 0 spiro atoms. The summed E-state index contributed by atoms with van der Waals surface area (Å²) in [5.74, 6) is 0.544. The molecule has 0 fully saturated rings. The lowest BCUT2D eigenvalue weighted by Crippen LogP contribution is -2.47. The van der Waals surface area contributed by atoms with E-state index in [4.69, 9.17) is 5.11 Å². The largest absolute Gasteiger partial charge is 0.394 e. The van der Waals surface area contributed by atoms with Gasteiger partial charge in [-0.1, -0.05) is 40.5 Å². The Labute approximate surface area is 207 Å². The molecule has 2 amide bonds. The summed E-state index contributed by atoms with van der Waals surface area (Å²) in [5, 5.41) is 29.6. The lowest BCUT2D eigenvalue weighted by atomic mass is 10.1. The van der Waals surface area contributed by atoms with E-state index in [1.807, 2.05) is 20.9 Å². The van der Waals surface area contributed by atoms with Crippen molar-refractivity contribution < 1.29 is 24.6 Å². The van der Waals surface area contributed by atoms with Gasteiger partial charge in [-0.3, -0.25) is 9.59 Å². The summed E-state index contributed by atoms with van der Waals surface area (Å²) in [4.78, 5) is 34.3. The molecule has 0 radical (unpaired) electrons. The number of hydrogen-bond acceptors (Lipinski definition) is 7. The number of aldehydes is 1. The predicted molar refractivity (Wildman–Crippen MR) is 138 cm³/mol. The Morgan fingerprint density at radius 3 is 2.09 bits per heavy atom. The molecule has 34 heavy (non-hydrogen) atoms. The van der Waals surface area contributed by atoms with Crippen molar-refractivity contribution >= 4 is 18.1 Å². The third-order valence-electron chi connectivity index (χ3n) is 5.03. The van der Waals surface area contributed by atoms with Gasteiger partial charge in [0, 0.05) is 32.0 Å². The topological polar surface area (TPSA) is 140 Å². The fourth-order valence-corrected chi connectivity index (χ4v) is 3.11. The van der Waals surface area contributed by atoms with Crippen molar-refractivity contribution in [3.8, 4) is 0 Å². The molecule has 0 aromatic rings. The number of amides is 2. The van der Waals surface area contributed by atoms with Crippen LogP contribution in [0.4, 0.5) is 0 Å². The van der Waals surface area contributed by atoms with Crippen LogP contribution in [0.15, 0.2) is 0 Å². The molecule has 0 aromatic heterocycles. The molecule has 0 saturated carbocycles. The first-order chi connectivity index (χ1) is 16.2. The van der Waals surface area contributed by atoms with E-state index < -0.39 is 12.1 Å². The smallest absolute Gasteiger partial charge is 0.237 e. The minimum Gasteiger partial charge on any atom is -0.394 e. The summed E-state index contributed by atoms with van der Waals surface area (Å²) in [6.07, 6.45) is 6.95. The van der Waals surface area contributed by atoms with E-state index in [0.717, 1.165) is 25.0 Å². The van der Waals surface area contributed by atoms with Gasteiger partial charge in [-0.2, -0.15) is 0 Å². The lowest BCUT2D eigenvalue weighted by molar-refractivity contribution is -0.124. The average molecular weight is 489 g/mol. The zero-order chi connectivity index (χ0) is 26.2. The highest BCUT2D eigenvalue weighted by molar-refractivity contribution is 5.83. The van der Waals surface area contributed by atoms with Crippen LogP contribution in [0.2, 0.25) is 0 Å². The van der Waals surface area contributed by atoms with Gasteiger partial charge >= 0.3 is 0 Å². The molecule has 0 aliphatic carbocycles. The van der Waals surface area contributed by atoms with Gasteiger partial charge in [0.25, 0.3) is 0 Å². The van der Waals surface area contributed by atoms with Crippen molar-refractivity contribution in [2.75, 3.05) is 33.3 Å². The Bertz CT molecular complexity index is 504. The maximum Gasteiger partial charge on any atom is 0.237 e. The number of carbonyl (C=O) groups excluding carboxylic acids is 3. The number of carbonyl (C=O) groups is 3. The van der Waals surface area contributed by atoms with Crippen LogP contribution in [0.5, 0.6) is 0 Å². The first-order valence-corrected chi connectivity index (χ1v) is 12.8. The first-order valence-electron chi connectivity index (χ1n) is 12.8. The Morgan fingerprint density at radius 1 is 0.882 bits per heavy atom. The van der Waals surface area contributed by atoms with Crippen LogP contribution in [-0.2, 0) is 14.4 Å². The van der Waals surface area contributed by atoms with Crippen molar-refractivity contribution in [3.63, 3.8) is 0 Å². The normalized spacial score (nSPS) is 12.6. The molecule has 2 atom stereocenters. The van der Waals surface area contributed by atoms with Crippen molar-refractivity contribution in [2.45, 2.75) is 104 Å². The summed E-state index contributed by atoms with van der Waals surface area (Å²) < 4.78 is 0. The summed E-state index contributed by atoms with van der Waals surface area (Å²) >= 11 is 0. The summed E-state index contributed by atoms with van der Waals surface area (Å²) in [6.45, 7) is 10.1. The van der Waals surface area contributed by atoms with Gasteiger partial charge in [-0.15, -0.1) is 0 Å². The first kappa shape index (κ1) is 34.6. The number of rotatable bonds is 20. The van der Waals surface area contributed by atoms with Crippen molar-refractivity contribution in [3.05, 3.63) is 0 Å². The van der Waals surface area contributed by atoms with Crippen LogP contribution in [-0.4, -0.2) is 79.8 Å². The number of aliphatic hydroxyl groups is 2. The van der Waals surface area contributed by atoms with Crippen LogP contribution >= 0.6 is 0 Å². The van der Waals surface area contributed by atoms with Gasteiger partial charge in [0.05, 0.1) is 18.8 Å². The zero-order valence-corrected chi connectivity index (χ0v) is 22.2. The van der Waals surface area contributed by atoms with Crippen LogP contribution in [0, 0.1) is 5.92 Å². The van der Waals surface area contributed by atoms with Crippen molar-refractivity contribution in [1.82, 2.24) is 21.3 Å². The highest BCUT2D eigenvalue weighted by Crippen LogP contribution is 2.05. The van der Waals surface area contributed by atoms with E-state index in [1.54, 1.807) is 0 Å². The molecule has 0 heterocycles. The SMILES string of the molecule is CC(C)NC(CCC(=O)NCCCCC(O)CO)C(=O)NCCC=O.CNCCCCC(C)C. The second-order valence-electron chi connectivity index (χ2n) is 9.33. The Morgan fingerprint density at radius 2 is 1.53 bits per heavy atom. The second-order valence-corrected chi connectivity index (χ2v) is 9.33. The molecule has 202 valence electrons. The predicted octanol–water partition coefficient (Wildman–Crippen LogP) is 1.51. The summed E-state index contributed by atoms with van der Waals surface area (Å²) in [7, 11) is 2.01. The quantitative estimate of drug-likeness (QED) is 0.113. The Hall–Kier alpha value is -1.55. The van der Waals surface area contributed by atoms with Gasteiger partial charge in [0.1, 0.15) is 6.29 Å². The Kier molecular flexibility index (Phi) is 25.0. The highest BCUT2D eigenvalue weighted by atomic mass is 16.3. The summed E-state index contributed by atoms with van der Waals surface area (Å²) in [6, 6.07) is -0.375. The van der Waals surface area contributed by atoms with E-state index in [-0.39, 0.29) is 37.3 Å². The molecule has 2 unspecified atom stereocenters. The average Bonchev–Trinajstić information content (AvgIpc) is 2.79. The monoisotopic (exact) mass is 488 g/mol. The number of unbranched alkanes of at least 4 members (excludes halogenated alkanes) is 2. The molecule has 0 saturated heterocycles. The second kappa shape index (κ2) is 24.6. The standard InChI is InChI=1S/C17H33N3O5.C8H19N/c1-13(2)20-15(17(25)19-10-5-11-21)7-8-16(24)18-9-4-3-6-14(23)12-22;1-8(2)6-4-5-7-9-3/h11,13-15,20,22-23H,3-10,12H2,1-2H3,(H,18,24)(H,19,25);8-9H,4-7H2,1-3H3. The maximum atomic E-state index is 12.1. The molecule has 0 rings (SSSR count). The van der Waals surface area contributed by atoms with Gasteiger partial charge in [0.2, 0.25) is 11.8 Å². The fourth-order valence-electron chi connectivity index (χ4n) is 3.11. The molecular weight excluding hydrogens is 436 g/mol. The zero-order valence-electron chi connectivity index (χ0n) is 22.2. The highest BCUT2D eigenvalue weighted by Gasteiger charge is 2.19. The van der Waals surface area contributed by atoms with Gasteiger partial charge in [0.15, 0.2) is 0 Å². The van der Waals surface area contributed by atoms with Gasteiger partial charge in [-0.25, -0.2) is 0 Å². The lowest BCUT2D eigenvalue weighted by Gasteiger charge is -2.20. The van der Waals surface area contributed by atoms with E-state index in [2.05, 4.69) is 35.1 Å². The van der Waals surface area contributed by atoms with Crippen LogP contribution in [0.1, 0.15) is 85.5 Å². The van der Waals surface area contributed by atoms with Crippen LogP contribution in [0.25, 0.3) is 0 Å². The number of aliphatic hydroxyl groups excluding tert-OH is 2. The molecule has 0 aromatic carbocycles. The molecule has 0 bridgehead atoms. The minimum atomic E-state index is -0.698. The molecule has 6 N–H and O–H groups in total. The molecular formula is C25H52N4O5. The van der Waals surface area contributed by atoms with E-state index in [9.17, 15) is 19.5 Å². The molecule has 9 nitrogen and oxygen atoms in total. The molecule has 0 aliphatic heterocycles. The third kappa shape index (κ3) is 25.1. The van der Waals surface area contributed by atoms with Crippen LogP contribution < -0.4 is 21.3 Å². The van der Waals surface area contributed by atoms with Gasteiger partial charge in [-0.05, 0) is 51.6 Å².